The van der Waals surface area contributed by atoms with E-state index < -0.39 is 24.1 Å². The number of para-hydroxylation sites is 1. The van der Waals surface area contributed by atoms with E-state index in [4.69, 9.17) is 23.7 Å². The van der Waals surface area contributed by atoms with E-state index in [1.165, 1.54) is 64.1 Å². The van der Waals surface area contributed by atoms with Crippen molar-refractivity contribution in [3.63, 3.8) is 0 Å². The number of amides is 1. The number of carbonyl (C=O) groups excluding carboxylic acids is 3. The molecule has 234 valence electrons. The zero-order valence-electron chi connectivity index (χ0n) is 25.7. The van der Waals surface area contributed by atoms with Crippen LogP contribution >= 0.6 is 0 Å². The van der Waals surface area contributed by atoms with Crippen molar-refractivity contribution in [2.75, 3.05) is 46.8 Å². The first kappa shape index (κ1) is 30.0. The van der Waals surface area contributed by atoms with Crippen LogP contribution in [0.1, 0.15) is 47.4 Å². The number of methoxy groups -OCH3 is 4. The molecule has 3 aliphatic rings. The summed E-state index contributed by atoms with van der Waals surface area (Å²) in [7, 11) is 5.85. The third-order valence-corrected chi connectivity index (χ3v) is 9.61. The molecule has 0 radical (unpaired) electrons. The first-order valence-electron chi connectivity index (χ1n) is 15.0. The molecule has 6 rings (SSSR count). The van der Waals surface area contributed by atoms with E-state index in [0.29, 0.717) is 17.9 Å². The van der Waals surface area contributed by atoms with E-state index in [1.807, 2.05) is 6.07 Å². The standard InChI is InChI=1S/C33H39N3O8/c1-17(37)34-24-15-27(41-3)26(40-2)14-22(24)32(38)44-28-12-18-16-36-11-10-20-19-8-6-7-9-23(19)35-30(20)25(36)13-21(18)29(31(28)42-4)33(39)43-5/h6-9,14-15,18,21,25,28-29,31,35H,10-13,16H2,1-5H3,(H,34,37)/t18-,21+,25-,28-,29+,31+/m1/s1. The largest absolute Gasteiger partial charge is 0.493 e. The van der Waals surface area contributed by atoms with Gasteiger partial charge in [-0.15, -0.1) is 0 Å². The zero-order valence-corrected chi connectivity index (χ0v) is 25.7. The van der Waals surface area contributed by atoms with Crippen molar-refractivity contribution in [2.24, 2.45) is 17.8 Å². The van der Waals surface area contributed by atoms with Crippen LogP contribution in [0.15, 0.2) is 36.4 Å². The molecule has 11 heteroatoms. The van der Waals surface area contributed by atoms with Crippen LogP contribution in [0.25, 0.3) is 10.9 Å². The Morgan fingerprint density at radius 2 is 1.75 bits per heavy atom. The van der Waals surface area contributed by atoms with Crippen molar-refractivity contribution in [3.8, 4) is 11.5 Å². The summed E-state index contributed by atoms with van der Waals surface area (Å²) in [6, 6.07) is 11.5. The van der Waals surface area contributed by atoms with Gasteiger partial charge in [0, 0.05) is 55.9 Å². The number of hydrogen-bond donors (Lipinski definition) is 2. The van der Waals surface area contributed by atoms with Crippen LogP contribution in [-0.2, 0) is 30.2 Å². The van der Waals surface area contributed by atoms with Gasteiger partial charge in [0.2, 0.25) is 5.91 Å². The molecule has 1 saturated heterocycles. The van der Waals surface area contributed by atoms with Gasteiger partial charge in [0.1, 0.15) is 12.2 Å². The number of carbonyl (C=O) groups is 3. The molecular weight excluding hydrogens is 566 g/mol. The van der Waals surface area contributed by atoms with Gasteiger partial charge in [0.05, 0.1) is 44.5 Å². The Kier molecular flexibility index (Phi) is 8.26. The quantitative estimate of drug-likeness (QED) is 0.383. The third-order valence-electron chi connectivity index (χ3n) is 9.61. The number of anilines is 1. The van der Waals surface area contributed by atoms with Gasteiger partial charge in [-0.25, -0.2) is 4.79 Å². The lowest BCUT2D eigenvalue weighted by atomic mass is 9.63. The first-order valence-corrected chi connectivity index (χ1v) is 15.0. The Morgan fingerprint density at radius 3 is 2.45 bits per heavy atom. The highest BCUT2D eigenvalue weighted by molar-refractivity contribution is 6.01. The fourth-order valence-electron chi connectivity index (χ4n) is 7.74. The number of nitrogens with zero attached hydrogens (tertiary/aromatic N) is 1. The molecule has 0 unspecified atom stereocenters. The SMILES string of the molecule is COC(=O)[C@H]1[C@H]2C[C@@H]3c4[nH]c5ccccc5c4CCN3C[C@H]2C[C@@H](OC(=O)c2cc(OC)c(OC)cc2NC(C)=O)[C@@H]1OC. The summed E-state index contributed by atoms with van der Waals surface area (Å²) in [5, 5.41) is 3.94. The second-order valence-electron chi connectivity index (χ2n) is 11.8. The van der Waals surface area contributed by atoms with Gasteiger partial charge in [-0.2, -0.15) is 0 Å². The second-order valence-corrected chi connectivity index (χ2v) is 11.8. The molecule has 1 aromatic heterocycles. The summed E-state index contributed by atoms with van der Waals surface area (Å²) in [5.74, 6) is -1.32. The predicted molar refractivity (Wildman–Crippen MR) is 162 cm³/mol. The number of hydrogen-bond acceptors (Lipinski definition) is 9. The second kappa shape index (κ2) is 12.1. The zero-order chi connectivity index (χ0) is 31.1. The fourth-order valence-corrected chi connectivity index (χ4v) is 7.74. The first-order chi connectivity index (χ1) is 21.3. The average molecular weight is 606 g/mol. The van der Waals surface area contributed by atoms with E-state index in [9.17, 15) is 14.4 Å². The molecule has 0 bridgehead atoms. The van der Waals surface area contributed by atoms with Gasteiger partial charge < -0.3 is 34.0 Å². The van der Waals surface area contributed by atoms with Gasteiger partial charge in [-0.3, -0.25) is 14.5 Å². The number of rotatable bonds is 7. The summed E-state index contributed by atoms with van der Waals surface area (Å²) in [5.41, 5.74) is 4.04. The maximum Gasteiger partial charge on any atom is 0.340 e. The fraction of sp³-hybridized carbons (Fsp3) is 0.485. The maximum atomic E-state index is 13.7. The summed E-state index contributed by atoms with van der Waals surface area (Å²) in [6.07, 6.45) is 0.787. The molecule has 1 saturated carbocycles. The Bertz CT molecular complexity index is 1580. The van der Waals surface area contributed by atoms with E-state index in [0.717, 1.165) is 31.4 Å². The van der Waals surface area contributed by atoms with Crippen molar-refractivity contribution < 1.29 is 38.1 Å². The van der Waals surface area contributed by atoms with Crippen LogP contribution in [0, 0.1) is 17.8 Å². The lowest BCUT2D eigenvalue weighted by Crippen LogP contribution is -2.58. The van der Waals surface area contributed by atoms with Crippen LogP contribution in [0.5, 0.6) is 11.5 Å². The third kappa shape index (κ3) is 5.17. The minimum Gasteiger partial charge on any atom is -0.493 e. The number of H-pyrrole nitrogens is 1. The van der Waals surface area contributed by atoms with Crippen molar-refractivity contribution in [1.29, 1.82) is 0 Å². The van der Waals surface area contributed by atoms with E-state index in [-0.39, 0.29) is 41.0 Å². The number of piperidine rings is 1. The van der Waals surface area contributed by atoms with Gasteiger partial charge in [-0.1, -0.05) is 18.2 Å². The van der Waals surface area contributed by atoms with Crippen molar-refractivity contribution in [2.45, 2.75) is 44.4 Å². The summed E-state index contributed by atoms with van der Waals surface area (Å²) >= 11 is 0. The maximum absolute atomic E-state index is 13.7. The van der Waals surface area contributed by atoms with E-state index in [1.54, 1.807) is 0 Å². The van der Waals surface area contributed by atoms with Gasteiger partial charge >= 0.3 is 11.9 Å². The molecule has 3 heterocycles. The highest BCUT2D eigenvalue weighted by Crippen LogP contribution is 2.50. The Labute approximate surface area is 256 Å². The average Bonchev–Trinajstić information content (AvgIpc) is 3.41. The highest BCUT2D eigenvalue weighted by atomic mass is 16.6. The molecule has 3 aromatic rings. The Morgan fingerprint density at radius 1 is 1.00 bits per heavy atom. The molecule has 11 nitrogen and oxygen atoms in total. The van der Waals surface area contributed by atoms with E-state index >= 15 is 0 Å². The van der Waals surface area contributed by atoms with Crippen molar-refractivity contribution in [1.82, 2.24) is 9.88 Å². The minimum atomic E-state index is -0.721. The number of fused-ring (bicyclic) bond motifs is 6. The number of ether oxygens (including phenoxy) is 5. The van der Waals surface area contributed by atoms with Gasteiger partial charge in [0.25, 0.3) is 0 Å². The number of benzene rings is 2. The molecule has 2 aromatic carbocycles. The smallest absolute Gasteiger partial charge is 0.340 e. The van der Waals surface area contributed by atoms with Crippen LogP contribution < -0.4 is 14.8 Å². The lowest BCUT2D eigenvalue weighted by Gasteiger charge is -2.52. The Balaban J connectivity index is 1.31. The van der Waals surface area contributed by atoms with Crippen LogP contribution in [0.3, 0.4) is 0 Å². The normalized spacial score (nSPS) is 26.1. The number of esters is 2. The summed E-state index contributed by atoms with van der Waals surface area (Å²) in [6.45, 7) is 3.02. The minimum absolute atomic E-state index is 0.0306. The van der Waals surface area contributed by atoms with Crippen molar-refractivity contribution >= 4 is 34.4 Å². The molecule has 6 atom stereocenters. The highest BCUT2D eigenvalue weighted by Gasteiger charge is 2.54. The molecule has 1 aliphatic carbocycles. The number of nitrogens with one attached hydrogen (secondary N) is 2. The molecular formula is C33H39N3O8. The number of aromatic amines is 1. The monoisotopic (exact) mass is 605 g/mol. The lowest BCUT2D eigenvalue weighted by molar-refractivity contribution is -0.176. The molecule has 0 spiro atoms. The van der Waals surface area contributed by atoms with Crippen LogP contribution in [0.2, 0.25) is 0 Å². The van der Waals surface area contributed by atoms with E-state index in [2.05, 4.69) is 33.4 Å². The molecule has 2 aliphatic heterocycles. The summed E-state index contributed by atoms with van der Waals surface area (Å²) in [4.78, 5) is 45.3. The summed E-state index contributed by atoms with van der Waals surface area (Å²) < 4.78 is 28.2. The van der Waals surface area contributed by atoms with Gasteiger partial charge in [-0.05, 0) is 42.7 Å². The van der Waals surface area contributed by atoms with Crippen LogP contribution in [-0.4, -0.2) is 81.5 Å². The number of aromatic nitrogens is 1. The van der Waals surface area contributed by atoms with Crippen molar-refractivity contribution in [3.05, 3.63) is 53.2 Å². The Hall–Kier alpha value is -4.09. The molecule has 2 N–H and O–H groups in total. The topological polar surface area (TPSA) is 128 Å². The molecule has 44 heavy (non-hydrogen) atoms. The van der Waals surface area contributed by atoms with Gasteiger partial charge in [0.15, 0.2) is 11.5 Å². The predicted octanol–water partition coefficient (Wildman–Crippen LogP) is 4.11. The molecule has 2 fully saturated rings. The van der Waals surface area contributed by atoms with Crippen LogP contribution in [0.4, 0.5) is 5.69 Å². The molecule has 1 amide bonds.